The molecule has 1 N–H and O–H groups in total. The molecule has 23 heavy (non-hydrogen) atoms. The summed E-state index contributed by atoms with van der Waals surface area (Å²) < 4.78 is 10.8. The zero-order valence-corrected chi connectivity index (χ0v) is 14.0. The molecular weight excluding hydrogens is 292 g/mol. The highest BCUT2D eigenvalue weighted by Gasteiger charge is 2.35. The third-order valence-electron chi connectivity index (χ3n) is 4.70. The van der Waals surface area contributed by atoms with Crippen LogP contribution in [0.25, 0.3) is 10.9 Å². The van der Waals surface area contributed by atoms with E-state index in [2.05, 4.69) is 30.1 Å². The number of ether oxygens (including phenoxy) is 2. The van der Waals surface area contributed by atoms with Gasteiger partial charge in [-0.1, -0.05) is 11.6 Å². The Kier molecular flexibility index (Phi) is 4.68. The number of aryl methyl sites for hydroxylation is 2. The number of methoxy groups -OCH3 is 2. The standard InChI is InChI=1S/C18H24N2O3/c1-12-4-6-15-14(8-12)13(9-19-15)5-7-18(21)20-10-16(22-2)17(11-20)23-3/h4,6,8-9,16-17,19H,5,7,10-11H2,1-3H3/t16-,17+. The molecule has 0 saturated carbocycles. The summed E-state index contributed by atoms with van der Waals surface area (Å²) in [4.78, 5) is 17.6. The van der Waals surface area contributed by atoms with Gasteiger partial charge in [-0.2, -0.15) is 0 Å². The second-order valence-corrected chi connectivity index (χ2v) is 6.21. The Morgan fingerprint density at radius 2 is 1.96 bits per heavy atom. The van der Waals surface area contributed by atoms with Gasteiger partial charge in [-0.05, 0) is 31.0 Å². The van der Waals surface area contributed by atoms with Crippen LogP contribution in [0.3, 0.4) is 0 Å². The highest BCUT2D eigenvalue weighted by molar-refractivity contribution is 5.85. The molecule has 0 aliphatic carbocycles. The van der Waals surface area contributed by atoms with Crippen molar-refractivity contribution in [1.82, 2.24) is 9.88 Å². The van der Waals surface area contributed by atoms with Gasteiger partial charge in [-0.15, -0.1) is 0 Å². The molecule has 124 valence electrons. The zero-order valence-electron chi connectivity index (χ0n) is 14.0. The van der Waals surface area contributed by atoms with Crippen molar-refractivity contribution in [2.24, 2.45) is 0 Å². The number of carbonyl (C=O) groups is 1. The molecule has 0 bridgehead atoms. The van der Waals surface area contributed by atoms with E-state index < -0.39 is 0 Å². The van der Waals surface area contributed by atoms with Crippen molar-refractivity contribution < 1.29 is 14.3 Å². The molecule has 1 amide bonds. The lowest BCUT2D eigenvalue weighted by molar-refractivity contribution is -0.130. The van der Waals surface area contributed by atoms with Gasteiger partial charge in [-0.3, -0.25) is 4.79 Å². The van der Waals surface area contributed by atoms with Crippen LogP contribution in [0.2, 0.25) is 0 Å². The van der Waals surface area contributed by atoms with E-state index >= 15 is 0 Å². The fourth-order valence-electron chi connectivity index (χ4n) is 3.30. The number of rotatable bonds is 5. The average Bonchev–Trinajstić information content (AvgIpc) is 3.15. The van der Waals surface area contributed by atoms with E-state index in [0.717, 1.165) is 11.9 Å². The van der Waals surface area contributed by atoms with Crippen LogP contribution in [0.15, 0.2) is 24.4 Å². The number of hydrogen-bond donors (Lipinski definition) is 1. The minimum Gasteiger partial charge on any atom is -0.377 e. The highest BCUT2D eigenvalue weighted by atomic mass is 16.5. The summed E-state index contributed by atoms with van der Waals surface area (Å²) in [5.41, 5.74) is 3.55. The Hall–Kier alpha value is -1.85. The molecule has 1 saturated heterocycles. The SMILES string of the molecule is CO[C@H]1CN(C(=O)CCc2c[nH]c3ccc(C)cc23)C[C@H]1OC. The molecule has 0 spiro atoms. The number of carbonyl (C=O) groups excluding carboxylic acids is 1. The lowest BCUT2D eigenvalue weighted by Gasteiger charge is -2.15. The first kappa shape index (κ1) is 16.0. The van der Waals surface area contributed by atoms with E-state index in [4.69, 9.17) is 9.47 Å². The van der Waals surface area contributed by atoms with Crippen molar-refractivity contribution in [3.63, 3.8) is 0 Å². The number of likely N-dealkylation sites (tertiary alicyclic amines) is 1. The van der Waals surface area contributed by atoms with E-state index in [9.17, 15) is 4.79 Å². The van der Waals surface area contributed by atoms with Crippen molar-refractivity contribution in [2.45, 2.75) is 32.0 Å². The van der Waals surface area contributed by atoms with E-state index in [1.807, 2.05) is 11.1 Å². The molecule has 3 rings (SSSR count). The quantitative estimate of drug-likeness (QED) is 0.921. The summed E-state index contributed by atoms with van der Waals surface area (Å²) in [6.07, 6.45) is 3.21. The minimum atomic E-state index is -0.0281. The number of nitrogens with zero attached hydrogens (tertiary/aromatic N) is 1. The van der Waals surface area contributed by atoms with E-state index in [0.29, 0.717) is 19.5 Å². The van der Waals surface area contributed by atoms with Crippen molar-refractivity contribution >= 4 is 16.8 Å². The smallest absolute Gasteiger partial charge is 0.223 e. The molecule has 2 heterocycles. The Labute approximate surface area is 136 Å². The number of hydrogen-bond acceptors (Lipinski definition) is 3. The lowest BCUT2D eigenvalue weighted by Crippen LogP contribution is -2.30. The molecule has 2 atom stereocenters. The van der Waals surface area contributed by atoms with Crippen LogP contribution < -0.4 is 0 Å². The maximum atomic E-state index is 12.5. The maximum Gasteiger partial charge on any atom is 0.223 e. The lowest BCUT2D eigenvalue weighted by atomic mass is 10.1. The van der Waals surface area contributed by atoms with Crippen LogP contribution in [0, 0.1) is 6.92 Å². The molecule has 5 heteroatoms. The summed E-state index contributed by atoms with van der Waals surface area (Å²) >= 11 is 0. The van der Waals surface area contributed by atoms with Crippen LogP contribution in [0.1, 0.15) is 17.5 Å². The number of fused-ring (bicyclic) bond motifs is 1. The van der Waals surface area contributed by atoms with Gasteiger partial charge < -0.3 is 19.4 Å². The van der Waals surface area contributed by atoms with Gasteiger partial charge in [0.1, 0.15) is 12.2 Å². The average molecular weight is 316 g/mol. The van der Waals surface area contributed by atoms with Crippen LogP contribution in [-0.4, -0.2) is 55.3 Å². The van der Waals surface area contributed by atoms with Gasteiger partial charge in [0.05, 0.1) is 0 Å². The molecule has 1 aromatic heterocycles. The number of aromatic nitrogens is 1. The van der Waals surface area contributed by atoms with Crippen molar-refractivity contribution in [3.8, 4) is 0 Å². The Morgan fingerprint density at radius 1 is 1.26 bits per heavy atom. The molecule has 0 radical (unpaired) electrons. The summed E-state index contributed by atoms with van der Waals surface area (Å²) in [6, 6.07) is 6.35. The van der Waals surface area contributed by atoms with Crippen LogP contribution in [0.4, 0.5) is 0 Å². The van der Waals surface area contributed by atoms with Gasteiger partial charge in [-0.25, -0.2) is 0 Å². The first-order chi connectivity index (χ1) is 11.1. The maximum absolute atomic E-state index is 12.5. The van der Waals surface area contributed by atoms with E-state index in [1.54, 1.807) is 14.2 Å². The van der Waals surface area contributed by atoms with Crippen molar-refractivity contribution in [2.75, 3.05) is 27.3 Å². The second kappa shape index (κ2) is 6.72. The van der Waals surface area contributed by atoms with Crippen LogP contribution in [-0.2, 0) is 20.7 Å². The zero-order chi connectivity index (χ0) is 16.4. The predicted octanol–water partition coefficient (Wildman–Crippen LogP) is 2.28. The summed E-state index contributed by atoms with van der Waals surface area (Å²) in [6.45, 7) is 3.31. The summed E-state index contributed by atoms with van der Waals surface area (Å²) in [5.74, 6) is 0.161. The number of nitrogens with one attached hydrogen (secondary N) is 1. The molecule has 5 nitrogen and oxygen atoms in total. The molecule has 1 aliphatic heterocycles. The molecular formula is C18H24N2O3. The molecule has 1 aromatic carbocycles. The topological polar surface area (TPSA) is 54.6 Å². The third kappa shape index (κ3) is 3.26. The Bertz CT molecular complexity index is 683. The third-order valence-corrected chi connectivity index (χ3v) is 4.70. The number of benzene rings is 1. The van der Waals surface area contributed by atoms with Gasteiger partial charge in [0.2, 0.25) is 5.91 Å². The molecule has 2 aromatic rings. The largest absolute Gasteiger partial charge is 0.377 e. The Morgan fingerprint density at radius 3 is 2.61 bits per heavy atom. The number of H-pyrrole nitrogens is 1. The predicted molar refractivity (Wildman–Crippen MR) is 89.5 cm³/mol. The van der Waals surface area contributed by atoms with Crippen molar-refractivity contribution in [3.05, 3.63) is 35.5 Å². The summed E-state index contributed by atoms with van der Waals surface area (Å²) in [5, 5.41) is 1.21. The number of aromatic amines is 1. The first-order valence-corrected chi connectivity index (χ1v) is 8.02. The summed E-state index contributed by atoms with van der Waals surface area (Å²) in [7, 11) is 3.33. The Balaban J connectivity index is 1.63. The molecule has 1 aliphatic rings. The monoisotopic (exact) mass is 316 g/mol. The second-order valence-electron chi connectivity index (χ2n) is 6.21. The van der Waals surface area contributed by atoms with Gasteiger partial charge in [0, 0.05) is 50.8 Å². The van der Waals surface area contributed by atoms with Gasteiger partial charge >= 0.3 is 0 Å². The van der Waals surface area contributed by atoms with E-state index in [-0.39, 0.29) is 18.1 Å². The fourth-order valence-corrected chi connectivity index (χ4v) is 3.30. The molecule has 0 unspecified atom stereocenters. The molecule has 1 fully saturated rings. The highest BCUT2D eigenvalue weighted by Crippen LogP contribution is 2.22. The normalized spacial score (nSPS) is 21.3. The van der Waals surface area contributed by atoms with Crippen molar-refractivity contribution in [1.29, 1.82) is 0 Å². The minimum absolute atomic E-state index is 0.0281. The van der Waals surface area contributed by atoms with E-state index in [1.165, 1.54) is 16.5 Å². The van der Waals surface area contributed by atoms with Gasteiger partial charge in [0.25, 0.3) is 0 Å². The van der Waals surface area contributed by atoms with Crippen LogP contribution in [0.5, 0.6) is 0 Å². The van der Waals surface area contributed by atoms with Gasteiger partial charge in [0.15, 0.2) is 0 Å². The number of amides is 1. The van der Waals surface area contributed by atoms with Crippen LogP contribution >= 0.6 is 0 Å². The fraction of sp³-hybridized carbons (Fsp3) is 0.500. The first-order valence-electron chi connectivity index (χ1n) is 8.02.